The number of piperidine rings is 1. The minimum Gasteiger partial charge on any atom is -0.328 e. The van der Waals surface area contributed by atoms with E-state index in [1.54, 1.807) is 12.1 Å². The number of nitrogens with zero attached hydrogens (tertiary/aromatic N) is 2. The van der Waals surface area contributed by atoms with Crippen molar-refractivity contribution in [1.82, 2.24) is 15.1 Å². The summed E-state index contributed by atoms with van der Waals surface area (Å²) in [7, 11) is 2.02. The van der Waals surface area contributed by atoms with Gasteiger partial charge in [-0.3, -0.25) is 34.3 Å². The lowest BCUT2D eigenvalue weighted by molar-refractivity contribution is -0.136. The summed E-state index contributed by atoms with van der Waals surface area (Å²) < 4.78 is 0. The molecule has 3 N–H and O–H groups in total. The van der Waals surface area contributed by atoms with E-state index in [4.69, 9.17) is 5.73 Å². The van der Waals surface area contributed by atoms with Crippen LogP contribution in [0.3, 0.4) is 0 Å². The van der Waals surface area contributed by atoms with Gasteiger partial charge in [0.05, 0.1) is 11.1 Å². The van der Waals surface area contributed by atoms with Gasteiger partial charge in [-0.15, -0.1) is 0 Å². The number of carbonyl (C=O) groups is 4. The lowest BCUT2D eigenvalue weighted by Crippen LogP contribution is -2.54. The molecule has 1 saturated heterocycles. The zero-order valence-electron chi connectivity index (χ0n) is 15.1. The van der Waals surface area contributed by atoms with E-state index in [1.807, 2.05) is 13.1 Å². The van der Waals surface area contributed by atoms with Gasteiger partial charge in [0.2, 0.25) is 11.8 Å². The summed E-state index contributed by atoms with van der Waals surface area (Å²) in [5.74, 6) is -1.93. The molecule has 8 heteroatoms. The number of fused-ring (bicyclic) bond motifs is 1. The first-order valence-electron chi connectivity index (χ1n) is 9.15. The summed E-state index contributed by atoms with van der Waals surface area (Å²) in [6.07, 6.45) is 2.20. The standard InChI is InChI=1S/C19H22N4O4/c1-22(12-7-11(20)8-12)9-10-2-3-13-14(6-10)19(27)23(18(13)26)15-4-5-16(24)21-17(15)25/h2-3,6,11-12,15H,4-5,7-9,20H2,1H3,(H,21,24,25). The molecule has 4 rings (SSSR count). The maximum Gasteiger partial charge on any atom is 0.262 e. The van der Waals surface area contributed by atoms with Crippen molar-refractivity contribution < 1.29 is 19.2 Å². The Labute approximate surface area is 156 Å². The number of imide groups is 2. The van der Waals surface area contributed by atoms with Gasteiger partial charge < -0.3 is 5.73 Å². The summed E-state index contributed by atoms with van der Waals surface area (Å²) >= 11 is 0. The maximum absolute atomic E-state index is 12.8. The number of benzene rings is 1. The first-order valence-corrected chi connectivity index (χ1v) is 9.15. The third-order valence-electron chi connectivity index (χ3n) is 5.71. The van der Waals surface area contributed by atoms with Crippen molar-refractivity contribution >= 4 is 23.6 Å². The number of nitrogens with two attached hydrogens (primary N) is 1. The first-order chi connectivity index (χ1) is 12.8. The summed E-state index contributed by atoms with van der Waals surface area (Å²) in [5.41, 5.74) is 7.41. The third kappa shape index (κ3) is 3.04. The van der Waals surface area contributed by atoms with E-state index in [2.05, 4.69) is 10.2 Å². The Kier molecular flexibility index (Phi) is 4.32. The smallest absolute Gasteiger partial charge is 0.262 e. The fourth-order valence-electron chi connectivity index (χ4n) is 4.02. The second kappa shape index (κ2) is 6.54. The van der Waals surface area contributed by atoms with Crippen molar-refractivity contribution in [2.24, 2.45) is 5.73 Å². The van der Waals surface area contributed by atoms with Crippen molar-refractivity contribution in [1.29, 1.82) is 0 Å². The predicted octanol–water partition coefficient (Wildman–Crippen LogP) is 0.00930. The minimum absolute atomic E-state index is 0.114. The molecule has 142 valence electrons. The molecule has 1 atom stereocenters. The maximum atomic E-state index is 12.8. The summed E-state index contributed by atoms with van der Waals surface area (Å²) in [6.45, 7) is 0.657. The van der Waals surface area contributed by atoms with Crippen LogP contribution in [0.4, 0.5) is 0 Å². The van der Waals surface area contributed by atoms with Crippen LogP contribution < -0.4 is 11.1 Å². The van der Waals surface area contributed by atoms with Crippen molar-refractivity contribution in [3.63, 3.8) is 0 Å². The molecule has 0 aromatic heterocycles. The van der Waals surface area contributed by atoms with E-state index in [9.17, 15) is 19.2 Å². The number of hydrogen-bond donors (Lipinski definition) is 2. The SMILES string of the molecule is CN(Cc1ccc2c(c1)C(=O)N(C1CCC(=O)NC1=O)C2=O)C1CC(N)C1. The first kappa shape index (κ1) is 17.8. The Morgan fingerprint density at radius 1 is 1.15 bits per heavy atom. The Balaban J connectivity index is 1.53. The molecular weight excluding hydrogens is 348 g/mol. The van der Waals surface area contributed by atoms with Gasteiger partial charge in [0.1, 0.15) is 6.04 Å². The molecule has 1 aromatic rings. The number of rotatable bonds is 4. The molecule has 8 nitrogen and oxygen atoms in total. The lowest BCUT2D eigenvalue weighted by Gasteiger charge is -2.39. The fraction of sp³-hybridized carbons (Fsp3) is 0.474. The third-order valence-corrected chi connectivity index (χ3v) is 5.71. The van der Waals surface area contributed by atoms with Gasteiger partial charge in [0.25, 0.3) is 11.8 Å². The van der Waals surface area contributed by atoms with Crippen LogP contribution in [0.2, 0.25) is 0 Å². The highest BCUT2D eigenvalue weighted by atomic mass is 16.2. The van der Waals surface area contributed by atoms with E-state index < -0.39 is 23.8 Å². The van der Waals surface area contributed by atoms with Crippen LogP contribution in [-0.4, -0.2) is 58.6 Å². The van der Waals surface area contributed by atoms with E-state index in [1.165, 1.54) is 0 Å². The predicted molar refractivity (Wildman–Crippen MR) is 95.6 cm³/mol. The zero-order chi connectivity index (χ0) is 19.3. The number of nitrogens with one attached hydrogen (secondary N) is 1. The van der Waals surface area contributed by atoms with Crippen LogP contribution in [0.1, 0.15) is 52.0 Å². The molecule has 0 radical (unpaired) electrons. The Hall–Kier alpha value is -2.58. The summed E-state index contributed by atoms with van der Waals surface area (Å²) in [4.78, 5) is 52.1. The van der Waals surface area contributed by atoms with Crippen LogP contribution >= 0.6 is 0 Å². The molecule has 1 saturated carbocycles. The molecule has 1 aliphatic carbocycles. The molecule has 0 spiro atoms. The zero-order valence-corrected chi connectivity index (χ0v) is 15.1. The normalized spacial score (nSPS) is 27.7. The molecule has 1 aromatic carbocycles. The van der Waals surface area contributed by atoms with E-state index in [-0.39, 0.29) is 24.8 Å². The van der Waals surface area contributed by atoms with Gasteiger partial charge in [-0.25, -0.2) is 0 Å². The van der Waals surface area contributed by atoms with Crippen LogP contribution in [-0.2, 0) is 16.1 Å². The molecular formula is C19H22N4O4. The lowest BCUT2D eigenvalue weighted by atomic mass is 9.86. The molecule has 2 heterocycles. The highest BCUT2D eigenvalue weighted by Crippen LogP contribution is 2.29. The average Bonchev–Trinajstić information content (AvgIpc) is 2.83. The van der Waals surface area contributed by atoms with Crippen LogP contribution in [0, 0.1) is 0 Å². The summed E-state index contributed by atoms with van der Waals surface area (Å²) in [5, 5.41) is 2.20. The number of amides is 4. The Bertz CT molecular complexity index is 846. The second-order valence-electron chi connectivity index (χ2n) is 7.63. The van der Waals surface area contributed by atoms with Crippen molar-refractivity contribution in [3.05, 3.63) is 34.9 Å². The van der Waals surface area contributed by atoms with Crippen LogP contribution in [0.5, 0.6) is 0 Å². The largest absolute Gasteiger partial charge is 0.328 e. The fourth-order valence-corrected chi connectivity index (χ4v) is 4.02. The van der Waals surface area contributed by atoms with Crippen molar-refractivity contribution in [2.75, 3.05) is 7.05 Å². The van der Waals surface area contributed by atoms with Crippen molar-refractivity contribution in [2.45, 2.75) is 50.4 Å². The molecule has 0 bridgehead atoms. The quantitative estimate of drug-likeness (QED) is 0.722. The Morgan fingerprint density at radius 3 is 2.52 bits per heavy atom. The second-order valence-corrected chi connectivity index (χ2v) is 7.63. The van der Waals surface area contributed by atoms with Gasteiger partial charge >= 0.3 is 0 Å². The topological polar surface area (TPSA) is 113 Å². The van der Waals surface area contributed by atoms with Crippen LogP contribution in [0.25, 0.3) is 0 Å². The van der Waals surface area contributed by atoms with Gasteiger partial charge in [0.15, 0.2) is 0 Å². The monoisotopic (exact) mass is 370 g/mol. The van der Waals surface area contributed by atoms with Gasteiger partial charge in [-0.2, -0.15) is 0 Å². The van der Waals surface area contributed by atoms with Crippen molar-refractivity contribution in [3.8, 4) is 0 Å². The molecule has 27 heavy (non-hydrogen) atoms. The molecule has 4 amide bonds. The van der Waals surface area contributed by atoms with Crippen LogP contribution in [0.15, 0.2) is 18.2 Å². The van der Waals surface area contributed by atoms with E-state index in [0.29, 0.717) is 23.7 Å². The highest BCUT2D eigenvalue weighted by molar-refractivity contribution is 6.23. The number of hydrogen-bond acceptors (Lipinski definition) is 6. The number of carbonyl (C=O) groups excluding carboxylic acids is 4. The summed E-state index contributed by atoms with van der Waals surface area (Å²) in [6, 6.07) is 4.99. The van der Waals surface area contributed by atoms with E-state index >= 15 is 0 Å². The van der Waals surface area contributed by atoms with Gasteiger partial charge in [0, 0.05) is 25.0 Å². The Morgan fingerprint density at radius 2 is 1.85 bits per heavy atom. The molecule has 2 fully saturated rings. The van der Waals surface area contributed by atoms with Gasteiger partial charge in [-0.1, -0.05) is 6.07 Å². The minimum atomic E-state index is -0.933. The highest BCUT2D eigenvalue weighted by Gasteiger charge is 2.44. The van der Waals surface area contributed by atoms with E-state index in [0.717, 1.165) is 23.3 Å². The molecule has 2 aliphatic heterocycles. The molecule has 1 unspecified atom stereocenters. The van der Waals surface area contributed by atoms with Gasteiger partial charge in [-0.05, 0) is 44.0 Å². The molecule has 3 aliphatic rings. The average molecular weight is 370 g/mol.